The highest BCUT2D eigenvalue weighted by atomic mass is 19.4. The summed E-state index contributed by atoms with van der Waals surface area (Å²) in [4.78, 5) is 11.1. The quantitative estimate of drug-likeness (QED) is 0.805. The minimum absolute atomic E-state index is 0.115. The summed E-state index contributed by atoms with van der Waals surface area (Å²) in [6.45, 7) is -0.115. The normalized spacial score (nSPS) is 11.4. The van der Waals surface area contributed by atoms with Crippen LogP contribution in [0.2, 0.25) is 0 Å². The van der Waals surface area contributed by atoms with Crippen LogP contribution in [0.15, 0.2) is 18.2 Å². The predicted molar refractivity (Wildman–Crippen MR) is 54.0 cm³/mol. The van der Waals surface area contributed by atoms with Gasteiger partial charge < -0.3 is 10.6 Å². The number of likely N-dealkylation sites (N-methyl/N-ethyl adjacent to an activating group) is 1. The van der Waals surface area contributed by atoms with Crippen LogP contribution in [0.4, 0.5) is 23.2 Å². The molecule has 0 radical (unpaired) electrons. The van der Waals surface area contributed by atoms with Crippen molar-refractivity contribution in [3.8, 4) is 0 Å². The molecule has 3 nitrogen and oxygen atoms in total. The maximum absolute atomic E-state index is 13.2. The van der Waals surface area contributed by atoms with Gasteiger partial charge in [-0.15, -0.1) is 0 Å². The minimum atomic E-state index is -4.57. The molecule has 7 heteroatoms. The van der Waals surface area contributed by atoms with E-state index in [9.17, 15) is 22.4 Å². The Kier molecular flexibility index (Phi) is 4.06. The first-order chi connectivity index (χ1) is 7.84. The van der Waals surface area contributed by atoms with Gasteiger partial charge in [0.25, 0.3) is 0 Å². The lowest BCUT2D eigenvalue weighted by atomic mass is 10.2. The Morgan fingerprint density at radius 3 is 2.53 bits per heavy atom. The summed E-state index contributed by atoms with van der Waals surface area (Å²) in [5, 5.41) is 4.54. The summed E-state index contributed by atoms with van der Waals surface area (Å²) in [7, 11) is 1.49. The molecule has 0 unspecified atom stereocenters. The summed E-state index contributed by atoms with van der Waals surface area (Å²) in [6.07, 6.45) is -4.57. The highest BCUT2D eigenvalue weighted by molar-refractivity contribution is 5.92. The van der Waals surface area contributed by atoms with E-state index in [2.05, 4.69) is 5.32 Å². The van der Waals surface area contributed by atoms with Crippen LogP contribution in [-0.2, 0) is 11.0 Å². The van der Waals surface area contributed by atoms with Crippen molar-refractivity contribution in [1.29, 1.82) is 0 Å². The number of hydrogen-bond donors (Lipinski definition) is 2. The van der Waals surface area contributed by atoms with Crippen LogP contribution in [0, 0.1) is 5.82 Å². The summed E-state index contributed by atoms with van der Waals surface area (Å²) < 4.78 is 50.2. The lowest BCUT2D eigenvalue weighted by Crippen LogP contribution is -2.25. The average Bonchev–Trinajstić information content (AvgIpc) is 2.20. The monoisotopic (exact) mass is 250 g/mol. The molecule has 1 rings (SSSR count). The van der Waals surface area contributed by atoms with Gasteiger partial charge in [-0.25, -0.2) is 4.39 Å². The summed E-state index contributed by atoms with van der Waals surface area (Å²) >= 11 is 0. The topological polar surface area (TPSA) is 41.1 Å². The number of rotatable bonds is 3. The first kappa shape index (κ1) is 13.4. The fourth-order valence-corrected chi connectivity index (χ4v) is 1.15. The van der Waals surface area contributed by atoms with Gasteiger partial charge in [0, 0.05) is 0 Å². The molecule has 0 aliphatic rings. The fraction of sp³-hybridized carbons (Fsp3) is 0.300. The third kappa shape index (κ3) is 3.70. The van der Waals surface area contributed by atoms with Crippen LogP contribution < -0.4 is 10.6 Å². The highest BCUT2D eigenvalue weighted by Crippen LogP contribution is 2.31. The molecule has 0 atom stereocenters. The van der Waals surface area contributed by atoms with E-state index >= 15 is 0 Å². The van der Waals surface area contributed by atoms with Crippen LogP contribution in [0.1, 0.15) is 5.56 Å². The Bertz CT molecular complexity index is 417. The van der Waals surface area contributed by atoms with Gasteiger partial charge in [0.15, 0.2) is 0 Å². The summed E-state index contributed by atoms with van der Waals surface area (Å²) in [5.41, 5.74) is -1.50. The van der Waals surface area contributed by atoms with Gasteiger partial charge in [-0.3, -0.25) is 4.79 Å². The molecule has 17 heavy (non-hydrogen) atoms. The van der Waals surface area contributed by atoms with Crippen molar-refractivity contribution in [3.63, 3.8) is 0 Å². The van der Waals surface area contributed by atoms with Crippen molar-refractivity contribution in [3.05, 3.63) is 29.6 Å². The van der Waals surface area contributed by atoms with Gasteiger partial charge in [0.05, 0.1) is 17.8 Å². The third-order valence-electron chi connectivity index (χ3n) is 1.91. The zero-order valence-corrected chi connectivity index (χ0v) is 8.86. The zero-order valence-electron chi connectivity index (χ0n) is 8.86. The van der Waals surface area contributed by atoms with E-state index in [4.69, 9.17) is 0 Å². The van der Waals surface area contributed by atoms with Crippen molar-refractivity contribution < 1.29 is 22.4 Å². The van der Waals surface area contributed by atoms with Crippen molar-refractivity contribution in [2.45, 2.75) is 6.18 Å². The standard InChI is InChI=1S/C10H10F4N2O/c1-15-5-9(17)16-8-4-6(10(12,13)14)2-3-7(8)11/h2-4,15H,5H2,1H3,(H,16,17). The number of hydrogen-bond acceptors (Lipinski definition) is 2. The average molecular weight is 250 g/mol. The molecule has 2 N–H and O–H groups in total. The van der Waals surface area contributed by atoms with Gasteiger partial charge in [-0.2, -0.15) is 13.2 Å². The SMILES string of the molecule is CNCC(=O)Nc1cc(C(F)(F)F)ccc1F. The molecule has 0 aliphatic carbocycles. The van der Waals surface area contributed by atoms with E-state index < -0.39 is 29.2 Å². The van der Waals surface area contributed by atoms with Gasteiger partial charge in [-0.05, 0) is 25.2 Å². The number of carbonyl (C=O) groups is 1. The Hall–Kier alpha value is -1.63. The molecule has 0 saturated heterocycles. The van der Waals surface area contributed by atoms with E-state index in [1.165, 1.54) is 7.05 Å². The van der Waals surface area contributed by atoms with E-state index in [0.29, 0.717) is 18.2 Å². The van der Waals surface area contributed by atoms with Crippen molar-refractivity contribution in [1.82, 2.24) is 5.32 Å². The smallest absolute Gasteiger partial charge is 0.322 e. The Balaban J connectivity index is 2.95. The largest absolute Gasteiger partial charge is 0.416 e. The second-order valence-corrected chi connectivity index (χ2v) is 3.27. The second-order valence-electron chi connectivity index (χ2n) is 3.27. The molecule has 0 saturated carbocycles. The molecule has 1 aromatic carbocycles. The molecule has 0 aromatic heterocycles. The minimum Gasteiger partial charge on any atom is -0.322 e. The van der Waals surface area contributed by atoms with Crippen LogP contribution in [-0.4, -0.2) is 19.5 Å². The first-order valence-electron chi connectivity index (χ1n) is 4.66. The molecule has 1 amide bonds. The Morgan fingerprint density at radius 1 is 1.35 bits per heavy atom. The Morgan fingerprint density at radius 2 is 2.00 bits per heavy atom. The molecule has 94 valence electrons. The molecule has 1 aromatic rings. The van der Waals surface area contributed by atoms with Crippen molar-refractivity contribution in [2.75, 3.05) is 18.9 Å². The van der Waals surface area contributed by atoms with E-state index in [-0.39, 0.29) is 6.54 Å². The highest BCUT2D eigenvalue weighted by Gasteiger charge is 2.31. The maximum atomic E-state index is 13.2. The first-order valence-corrected chi connectivity index (χ1v) is 4.66. The molecule has 0 fully saturated rings. The van der Waals surface area contributed by atoms with Crippen LogP contribution in [0.3, 0.4) is 0 Å². The van der Waals surface area contributed by atoms with E-state index in [0.717, 1.165) is 0 Å². The number of anilines is 1. The molecule has 0 spiro atoms. The van der Waals surface area contributed by atoms with Gasteiger partial charge >= 0.3 is 6.18 Å². The lowest BCUT2D eigenvalue weighted by Gasteiger charge is -2.10. The van der Waals surface area contributed by atoms with E-state index in [1.54, 1.807) is 0 Å². The van der Waals surface area contributed by atoms with Crippen molar-refractivity contribution >= 4 is 11.6 Å². The summed E-state index contributed by atoms with van der Waals surface area (Å²) in [6, 6.07) is 1.84. The second kappa shape index (κ2) is 5.13. The van der Waals surface area contributed by atoms with Gasteiger partial charge in [0.1, 0.15) is 5.82 Å². The third-order valence-corrected chi connectivity index (χ3v) is 1.91. The maximum Gasteiger partial charge on any atom is 0.416 e. The van der Waals surface area contributed by atoms with Crippen LogP contribution in [0.5, 0.6) is 0 Å². The number of alkyl halides is 3. The van der Waals surface area contributed by atoms with Gasteiger partial charge in [0.2, 0.25) is 5.91 Å². The summed E-state index contributed by atoms with van der Waals surface area (Å²) in [5.74, 6) is -1.53. The molecule has 0 aliphatic heterocycles. The Labute approximate surface area is 94.8 Å². The number of nitrogens with one attached hydrogen (secondary N) is 2. The van der Waals surface area contributed by atoms with E-state index in [1.807, 2.05) is 5.32 Å². The lowest BCUT2D eigenvalue weighted by molar-refractivity contribution is -0.137. The van der Waals surface area contributed by atoms with Gasteiger partial charge in [-0.1, -0.05) is 0 Å². The molecule has 0 heterocycles. The number of benzene rings is 1. The zero-order chi connectivity index (χ0) is 13.1. The molecular formula is C10H10F4N2O. The number of carbonyl (C=O) groups excluding carboxylic acids is 1. The number of halogens is 4. The van der Waals surface area contributed by atoms with Crippen LogP contribution in [0.25, 0.3) is 0 Å². The fourth-order valence-electron chi connectivity index (χ4n) is 1.15. The number of amides is 1. The van der Waals surface area contributed by atoms with Crippen molar-refractivity contribution in [2.24, 2.45) is 0 Å². The molecular weight excluding hydrogens is 240 g/mol. The molecule has 0 bridgehead atoms. The predicted octanol–water partition coefficient (Wildman–Crippen LogP) is 2.00. The van der Waals surface area contributed by atoms with Crippen LogP contribution >= 0.6 is 0 Å².